The van der Waals surface area contributed by atoms with Gasteiger partial charge in [0.1, 0.15) is 18.9 Å². The Bertz CT molecular complexity index is 403. The number of aromatic nitrogens is 2. The standard InChI is InChI=1S/C13H22N4O2S/c18-10(9-19-13-8-15-20-16-13)7-14-11-4-6-17-5-2-1-3-12(11)17/h8,10-12,14,18H,1-7,9H2. The molecule has 0 radical (unpaired) electrons. The van der Waals surface area contributed by atoms with Crippen molar-refractivity contribution in [3.63, 3.8) is 0 Å². The van der Waals surface area contributed by atoms with Gasteiger partial charge in [-0.25, -0.2) is 0 Å². The SMILES string of the molecule is OC(CNC1CCN2CCCCC12)COc1cnsn1. The van der Waals surface area contributed by atoms with Gasteiger partial charge >= 0.3 is 0 Å². The molecule has 3 atom stereocenters. The first-order valence-corrected chi connectivity index (χ1v) is 8.12. The van der Waals surface area contributed by atoms with Crippen molar-refractivity contribution < 1.29 is 9.84 Å². The van der Waals surface area contributed by atoms with E-state index in [9.17, 15) is 5.11 Å². The number of aliphatic hydroxyl groups excluding tert-OH is 1. The van der Waals surface area contributed by atoms with Gasteiger partial charge in [0.25, 0.3) is 0 Å². The lowest BCUT2D eigenvalue weighted by molar-refractivity contribution is 0.0974. The third-order valence-electron chi connectivity index (χ3n) is 4.24. The zero-order chi connectivity index (χ0) is 13.8. The molecule has 2 fully saturated rings. The van der Waals surface area contributed by atoms with Crippen LogP contribution in [0.15, 0.2) is 6.20 Å². The second-order valence-corrected chi connectivity index (χ2v) is 6.17. The van der Waals surface area contributed by atoms with Gasteiger partial charge in [0, 0.05) is 25.2 Å². The van der Waals surface area contributed by atoms with Crippen molar-refractivity contribution in [2.45, 2.75) is 43.9 Å². The zero-order valence-electron chi connectivity index (χ0n) is 11.6. The quantitative estimate of drug-likeness (QED) is 0.797. The minimum Gasteiger partial charge on any atom is -0.473 e. The van der Waals surface area contributed by atoms with E-state index >= 15 is 0 Å². The molecule has 0 aromatic carbocycles. The van der Waals surface area contributed by atoms with Crippen molar-refractivity contribution in [3.05, 3.63) is 6.20 Å². The van der Waals surface area contributed by atoms with Crippen molar-refractivity contribution >= 4 is 11.7 Å². The Hall–Kier alpha value is -0.760. The highest BCUT2D eigenvalue weighted by Crippen LogP contribution is 2.26. The summed E-state index contributed by atoms with van der Waals surface area (Å²) in [5.41, 5.74) is 0. The number of fused-ring (bicyclic) bond motifs is 1. The summed E-state index contributed by atoms with van der Waals surface area (Å²) in [6.07, 6.45) is 6.21. The molecule has 2 N–H and O–H groups in total. The molecule has 3 heterocycles. The van der Waals surface area contributed by atoms with Crippen LogP contribution in [0, 0.1) is 0 Å². The summed E-state index contributed by atoms with van der Waals surface area (Å²) in [5.74, 6) is 0.494. The predicted octanol–water partition coefficient (Wildman–Crippen LogP) is 0.494. The summed E-state index contributed by atoms with van der Waals surface area (Å²) < 4.78 is 13.2. The van der Waals surface area contributed by atoms with Gasteiger partial charge in [0.05, 0.1) is 11.7 Å². The van der Waals surface area contributed by atoms with Gasteiger partial charge in [0.2, 0.25) is 5.88 Å². The number of ether oxygens (including phenoxy) is 1. The molecule has 0 amide bonds. The number of piperidine rings is 1. The van der Waals surface area contributed by atoms with E-state index in [0.717, 1.165) is 11.7 Å². The molecule has 20 heavy (non-hydrogen) atoms. The third-order valence-corrected chi connectivity index (χ3v) is 4.70. The maximum Gasteiger partial charge on any atom is 0.245 e. The maximum absolute atomic E-state index is 9.96. The third kappa shape index (κ3) is 3.46. The van der Waals surface area contributed by atoms with Crippen molar-refractivity contribution in [3.8, 4) is 5.88 Å². The Balaban J connectivity index is 1.38. The fourth-order valence-electron chi connectivity index (χ4n) is 3.23. The van der Waals surface area contributed by atoms with Crippen LogP contribution in [0.4, 0.5) is 0 Å². The maximum atomic E-state index is 9.96. The van der Waals surface area contributed by atoms with E-state index in [-0.39, 0.29) is 6.61 Å². The van der Waals surface area contributed by atoms with Crippen molar-refractivity contribution in [2.75, 3.05) is 26.2 Å². The number of hydrogen-bond acceptors (Lipinski definition) is 7. The Labute approximate surface area is 123 Å². The lowest BCUT2D eigenvalue weighted by atomic mass is 9.99. The van der Waals surface area contributed by atoms with E-state index in [0.29, 0.717) is 24.5 Å². The van der Waals surface area contributed by atoms with Crippen LogP contribution in [-0.2, 0) is 0 Å². The highest BCUT2D eigenvalue weighted by Gasteiger charge is 2.35. The van der Waals surface area contributed by atoms with E-state index in [4.69, 9.17) is 4.74 Å². The molecule has 1 aromatic heterocycles. The van der Waals surface area contributed by atoms with Gasteiger partial charge in [-0.2, -0.15) is 4.37 Å². The highest BCUT2D eigenvalue weighted by atomic mass is 32.1. The first kappa shape index (κ1) is 14.2. The fraction of sp³-hybridized carbons (Fsp3) is 0.846. The minimum atomic E-state index is -0.505. The van der Waals surface area contributed by atoms with Crippen LogP contribution >= 0.6 is 11.7 Å². The predicted molar refractivity (Wildman–Crippen MR) is 77.0 cm³/mol. The number of nitrogens with zero attached hydrogens (tertiary/aromatic N) is 3. The van der Waals surface area contributed by atoms with Gasteiger partial charge in [0.15, 0.2) is 0 Å². The zero-order valence-corrected chi connectivity index (χ0v) is 12.4. The molecule has 1 aromatic rings. The molecular weight excluding hydrogens is 276 g/mol. The van der Waals surface area contributed by atoms with Crippen LogP contribution < -0.4 is 10.1 Å². The molecule has 0 bridgehead atoms. The summed E-state index contributed by atoms with van der Waals surface area (Å²) in [6, 6.07) is 1.19. The Kier molecular flexibility index (Phi) is 4.82. The molecule has 2 aliphatic heterocycles. The van der Waals surface area contributed by atoms with Crippen molar-refractivity contribution in [2.24, 2.45) is 0 Å². The molecule has 112 valence electrons. The molecule has 0 spiro atoms. The largest absolute Gasteiger partial charge is 0.473 e. The number of rotatable bonds is 6. The van der Waals surface area contributed by atoms with Gasteiger partial charge in [-0.1, -0.05) is 6.42 Å². The molecule has 3 rings (SSSR count). The summed E-state index contributed by atoms with van der Waals surface area (Å²) in [6.45, 7) is 3.27. The topological polar surface area (TPSA) is 70.5 Å². The first-order valence-electron chi connectivity index (χ1n) is 7.39. The first-order chi connectivity index (χ1) is 9.83. The van der Waals surface area contributed by atoms with E-state index < -0.39 is 6.10 Å². The lowest BCUT2D eigenvalue weighted by Gasteiger charge is -2.33. The fourth-order valence-corrected chi connectivity index (χ4v) is 3.60. The van der Waals surface area contributed by atoms with Crippen LogP contribution in [0.25, 0.3) is 0 Å². The van der Waals surface area contributed by atoms with Crippen LogP contribution in [-0.4, -0.2) is 63.2 Å². The van der Waals surface area contributed by atoms with Gasteiger partial charge in [-0.15, -0.1) is 4.37 Å². The summed E-state index contributed by atoms with van der Waals surface area (Å²) in [7, 11) is 0. The van der Waals surface area contributed by atoms with Crippen LogP contribution in [0.3, 0.4) is 0 Å². The molecule has 0 aliphatic carbocycles. The van der Waals surface area contributed by atoms with Gasteiger partial charge in [-0.05, 0) is 25.8 Å². The molecule has 6 nitrogen and oxygen atoms in total. The molecular formula is C13H22N4O2S. The smallest absolute Gasteiger partial charge is 0.245 e. The van der Waals surface area contributed by atoms with Crippen molar-refractivity contribution in [1.29, 1.82) is 0 Å². The van der Waals surface area contributed by atoms with E-state index in [2.05, 4.69) is 19.0 Å². The normalized spacial score (nSPS) is 28.2. The van der Waals surface area contributed by atoms with Crippen LogP contribution in [0.5, 0.6) is 5.88 Å². The number of hydrogen-bond donors (Lipinski definition) is 2. The van der Waals surface area contributed by atoms with E-state index in [1.165, 1.54) is 38.8 Å². The number of nitrogens with one attached hydrogen (secondary N) is 1. The molecule has 2 saturated heterocycles. The van der Waals surface area contributed by atoms with E-state index in [1.54, 1.807) is 6.20 Å². The molecule has 3 unspecified atom stereocenters. The van der Waals surface area contributed by atoms with Crippen LogP contribution in [0.2, 0.25) is 0 Å². The van der Waals surface area contributed by atoms with E-state index in [1.807, 2.05) is 0 Å². The summed E-state index contributed by atoms with van der Waals surface area (Å²) >= 11 is 1.11. The summed E-state index contributed by atoms with van der Waals surface area (Å²) in [4.78, 5) is 2.59. The average Bonchev–Trinajstić information content (AvgIpc) is 3.12. The summed E-state index contributed by atoms with van der Waals surface area (Å²) in [5, 5.41) is 13.5. The van der Waals surface area contributed by atoms with Crippen molar-refractivity contribution in [1.82, 2.24) is 19.0 Å². The van der Waals surface area contributed by atoms with Crippen LogP contribution in [0.1, 0.15) is 25.7 Å². The Morgan fingerprint density at radius 1 is 1.45 bits per heavy atom. The highest BCUT2D eigenvalue weighted by molar-refractivity contribution is 6.99. The Morgan fingerprint density at radius 2 is 2.40 bits per heavy atom. The monoisotopic (exact) mass is 298 g/mol. The van der Waals surface area contributed by atoms with Gasteiger partial charge < -0.3 is 15.2 Å². The second-order valence-electron chi connectivity index (χ2n) is 5.61. The van der Waals surface area contributed by atoms with Gasteiger partial charge in [-0.3, -0.25) is 4.90 Å². The lowest BCUT2D eigenvalue weighted by Crippen LogP contribution is -2.47. The molecule has 2 aliphatic rings. The molecule has 7 heteroatoms. The minimum absolute atomic E-state index is 0.263. The number of aliphatic hydroxyl groups is 1. The average molecular weight is 298 g/mol. The second kappa shape index (κ2) is 6.80. The molecule has 0 saturated carbocycles. The Morgan fingerprint density at radius 3 is 3.25 bits per heavy atom.